The number of carbonyl (C=O) groups excluding carboxylic acids is 1. The number of allylic oxidation sites excluding steroid dienone is 1. The number of carbonyl (C=O) groups is 1. The van der Waals surface area contributed by atoms with Crippen molar-refractivity contribution in [2.45, 2.75) is 78.3 Å². The predicted octanol–water partition coefficient (Wildman–Crippen LogP) is 9.35. The van der Waals surface area contributed by atoms with E-state index in [4.69, 9.17) is 9.47 Å². The van der Waals surface area contributed by atoms with Gasteiger partial charge in [0.05, 0.1) is 18.2 Å². The minimum atomic E-state index is -0.184. The Morgan fingerprint density at radius 1 is 1.09 bits per heavy atom. The van der Waals surface area contributed by atoms with Gasteiger partial charge < -0.3 is 24.8 Å². The summed E-state index contributed by atoms with van der Waals surface area (Å²) < 4.78 is 12.0. The molecular weight excluding hydrogens is 556 g/mol. The molecule has 6 nitrogen and oxygen atoms in total. The number of hydrogen-bond acceptors (Lipinski definition) is 7. The van der Waals surface area contributed by atoms with Gasteiger partial charge in [0, 0.05) is 38.9 Å². The van der Waals surface area contributed by atoms with E-state index in [2.05, 4.69) is 71.1 Å². The molecule has 0 saturated heterocycles. The van der Waals surface area contributed by atoms with E-state index in [9.17, 15) is 9.90 Å². The van der Waals surface area contributed by atoms with Crippen molar-refractivity contribution in [2.75, 3.05) is 26.5 Å². The number of ether oxygens (including phenoxy) is 2. The van der Waals surface area contributed by atoms with Crippen molar-refractivity contribution in [3.05, 3.63) is 63.4 Å². The van der Waals surface area contributed by atoms with Crippen LogP contribution in [0.3, 0.4) is 0 Å². The zero-order chi connectivity index (χ0) is 31.3. The zero-order valence-electron chi connectivity index (χ0n) is 26.8. The fourth-order valence-electron chi connectivity index (χ4n) is 5.74. The van der Waals surface area contributed by atoms with Crippen LogP contribution < -0.4 is 14.8 Å². The first kappa shape index (κ1) is 32.4. The van der Waals surface area contributed by atoms with Crippen LogP contribution in [0.1, 0.15) is 93.1 Å². The molecule has 1 unspecified atom stereocenters. The van der Waals surface area contributed by atoms with Crippen LogP contribution in [-0.4, -0.2) is 49.1 Å². The summed E-state index contributed by atoms with van der Waals surface area (Å²) in [7, 11) is 5.85. The molecule has 7 heteroatoms. The average molecular weight is 603 g/mol. The standard InChI is InChI=1S/C26H23NO4S.C10H23N/c1-14-12-26(2,3)27-17-6-5-16-23(22(14)17)20(11-21-15(13-28)9-10-32-21)31-19-8-7-18(29)25(30-4)24(16)19;1-5-6-7-8-9-10(2)11(3)4/h5-13,27,29H,1-4H3;10H,5-9H2,1-4H3/b20-11-;. The highest BCUT2D eigenvalue weighted by Gasteiger charge is 2.33. The summed E-state index contributed by atoms with van der Waals surface area (Å²) in [6.45, 7) is 10.9. The van der Waals surface area contributed by atoms with E-state index in [1.54, 1.807) is 18.2 Å². The summed E-state index contributed by atoms with van der Waals surface area (Å²) in [6, 6.07) is 9.95. The van der Waals surface area contributed by atoms with Gasteiger partial charge in [-0.25, -0.2) is 0 Å². The Morgan fingerprint density at radius 2 is 1.86 bits per heavy atom. The number of anilines is 1. The van der Waals surface area contributed by atoms with Gasteiger partial charge in [-0.05, 0) is 89.5 Å². The number of nitrogens with one attached hydrogen (secondary N) is 1. The zero-order valence-corrected chi connectivity index (χ0v) is 27.7. The molecule has 1 aromatic heterocycles. The fourth-order valence-corrected chi connectivity index (χ4v) is 6.53. The maximum atomic E-state index is 11.5. The van der Waals surface area contributed by atoms with Crippen molar-refractivity contribution in [1.29, 1.82) is 0 Å². The lowest BCUT2D eigenvalue weighted by Gasteiger charge is -2.35. The molecule has 2 N–H and O–H groups in total. The fraction of sp³-hybridized carbons (Fsp3) is 0.417. The highest BCUT2D eigenvalue weighted by Crippen LogP contribution is 2.54. The molecule has 2 aromatic carbocycles. The Kier molecular flexibility index (Phi) is 10.4. The second-order valence-electron chi connectivity index (χ2n) is 12.2. The van der Waals surface area contributed by atoms with E-state index in [0.29, 0.717) is 28.4 Å². The van der Waals surface area contributed by atoms with Crippen LogP contribution in [-0.2, 0) is 0 Å². The molecule has 0 fully saturated rings. The lowest BCUT2D eigenvalue weighted by molar-refractivity contribution is 0.112. The molecule has 3 aromatic rings. The summed E-state index contributed by atoms with van der Waals surface area (Å²) in [5, 5.41) is 15.9. The number of phenolic OH excluding ortho intramolecular Hbond substituents is 1. The van der Waals surface area contributed by atoms with Gasteiger partial charge in [-0.1, -0.05) is 44.7 Å². The van der Waals surface area contributed by atoms with Crippen LogP contribution >= 0.6 is 11.3 Å². The normalized spacial score (nSPS) is 16.0. The van der Waals surface area contributed by atoms with Gasteiger partial charge in [0.1, 0.15) is 11.5 Å². The molecule has 3 heterocycles. The summed E-state index contributed by atoms with van der Waals surface area (Å²) in [5.41, 5.74) is 6.13. The maximum Gasteiger partial charge on any atom is 0.172 e. The molecule has 0 saturated carbocycles. The van der Waals surface area contributed by atoms with Gasteiger partial charge >= 0.3 is 0 Å². The molecule has 0 bridgehead atoms. The summed E-state index contributed by atoms with van der Waals surface area (Å²) >= 11 is 1.49. The summed E-state index contributed by atoms with van der Waals surface area (Å²) in [5.74, 6) is 1.67. The van der Waals surface area contributed by atoms with Gasteiger partial charge in [0.2, 0.25) is 0 Å². The van der Waals surface area contributed by atoms with Crippen molar-refractivity contribution in [2.24, 2.45) is 0 Å². The molecule has 2 aliphatic heterocycles. The van der Waals surface area contributed by atoms with Gasteiger partial charge in [0.25, 0.3) is 0 Å². The number of rotatable bonds is 9. The SMILES string of the molecule is CCCCCCC(C)N(C)C.COc1c(O)ccc2c1-c1ccc3c(c1/C(=C/c1sccc1C=O)O2)C(C)=CC(C)(C)N3. The third-order valence-electron chi connectivity index (χ3n) is 8.15. The van der Waals surface area contributed by atoms with E-state index < -0.39 is 0 Å². The minimum Gasteiger partial charge on any atom is -0.504 e. The number of methoxy groups -OCH3 is 1. The Balaban J connectivity index is 0.000000330. The predicted molar refractivity (Wildman–Crippen MR) is 182 cm³/mol. The number of thiophene rings is 1. The van der Waals surface area contributed by atoms with Crippen LogP contribution in [0, 0.1) is 0 Å². The Labute approximate surface area is 261 Å². The second kappa shape index (κ2) is 13.8. The van der Waals surface area contributed by atoms with E-state index in [1.807, 2.05) is 17.5 Å². The van der Waals surface area contributed by atoms with Crippen LogP contribution in [0.4, 0.5) is 5.69 Å². The molecular formula is C36H46N2O4S. The van der Waals surface area contributed by atoms with Crippen LogP contribution in [0.5, 0.6) is 17.2 Å². The first-order chi connectivity index (χ1) is 20.5. The number of aromatic hydroxyl groups is 1. The molecule has 0 amide bonds. The number of hydrogen-bond donors (Lipinski definition) is 2. The van der Waals surface area contributed by atoms with E-state index in [0.717, 1.165) is 45.2 Å². The monoisotopic (exact) mass is 602 g/mol. The Hall–Kier alpha value is -3.55. The molecule has 2 aliphatic rings. The van der Waals surface area contributed by atoms with Crippen molar-refractivity contribution >= 4 is 40.7 Å². The van der Waals surface area contributed by atoms with Gasteiger partial charge in [-0.3, -0.25) is 4.79 Å². The molecule has 0 spiro atoms. The van der Waals surface area contributed by atoms with Gasteiger partial charge in [0.15, 0.2) is 17.8 Å². The van der Waals surface area contributed by atoms with Gasteiger partial charge in [-0.15, -0.1) is 11.3 Å². The number of unbranched alkanes of at least 4 members (excludes halogenated alkanes) is 3. The van der Waals surface area contributed by atoms with Crippen LogP contribution in [0.15, 0.2) is 41.8 Å². The molecule has 0 radical (unpaired) electrons. The van der Waals surface area contributed by atoms with E-state index >= 15 is 0 Å². The van der Waals surface area contributed by atoms with Crippen molar-refractivity contribution < 1.29 is 19.4 Å². The van der Waals surface area contributed by atoms with Crippen LogP contribution in [0.25, 0.3) is 28.5 Å². The second-order valence-corrected chi connectivity index (χ2v) is 13.2. The lowest BCUT2D eigenvalue weighted by Crippen LogP contribution is -2.32. The number of nitrogens with zero attached hydrogens (tertiary/aromatic N) is 1. The van der Waals surface area contributed by atoms with Crippen LogP contribution in [0.2, 0.25) is 0 Å². The number of benzene rings is 2. The van der Waals surface area contributed by atoms with Gasteiger partial charge in [-0.2, -0.15) is 0 Å². The van der Waals surface area contributed by atoms with E-state index in [1.165, 1.54) is 50.6 Å². The molecule has 230 valence electrons. The maximum absolute atomic E-state index is 11.5. The first-order valence-electron chi connectivity index (χ1n) is 15.2. The topological polar surface area (TPSA) is 71.0 Å². The van der Waals surface area contributed by atoms with Crippen molar-refractivity contribution in [3.8, 4) is 28.4 Å². The van der Waals surface area contributed by atoms with Crippen molar-refractivity contribution in [1.82, 2.24) is 4.90 Å². The molecule has 1 atom stereocenters. The number of phenols is 1. The summed E-state index contributed by atoms with van der Waals surface area (Å²) in [4.78, 5) is 14.7. The van der Waals surface area contributed by atoms with Crippen molar-refractivity contribution in [3.63, 3.8) is 0 Å². The molecule has 0 aliphatic carbocycles. The Morgan fingerprint density at radius 3 is 2.53 bits per heavy atom. The lowest BCUT2D eigenvalue weighted by atomic mass is 9.83. The Bertz CT molecular complexity index is 1520. The summed E-state index contributed by atoms with van der Waals surface area (Å²) in [6.07, 6.45) is 11.9. The highest BCUT2D eigenvalue weighted by atomic mass is 32.1. The minimum absolute atomic E-state index is 0.0546. The largest absolute Gasteiger partial charge is 0.504 e. The first-order valence-corrected chi connectivity index (χ1v) is 16.0. The molecule has 5 rings (SSSR count). The number of aldehydes is 1. The average Bonchev–Trinajstić information content (AvgIpc) is 3.41. The smallest absolute Gasteiger partial charge is 0.172 e. The third kappa shape index (κ3) is 7.16. The third-order valence-corrected chi connectivity index (χ3v) is 9.03. The highest BCUT2D eigenvalue weighted by molar-refractivity contribution is 7.11. The molecule has 43 heavy (non-hydrogen) atoms. The number of fused-ring (bicyclic) bond motifs is 5. The quantitative estimate of drug-likeness (QED) is 0.188. The van der Waals surface area contributed by atoms with E-state index in [-0.39, 0.29) is 11.3 Å².